The molecule has 7 heteroatoms. The second kappa shape index (κ2) is 7.26. The third-order valence-electron chi connectivity index (χ3n) is 4.75. The molecule has 0 saturated carbocycles. The molecule has 6 nitrogen and oxygen atoms in total. The summed E-state index contributed by atoms with van der Waals surface area (Å²) in [4.78, 5) is 8.74. The molecule has 3 heterocycles. The Labute approximate surface area is 170 Å². The minimum Gasteiger partial charge on any atom is -0.438 e. The molecule has 0 fully saturated rings. The normalized spacial score (nSPS) is 10.9. The van der Waals surface area contributed by atoms with Gasteiger partial charge in [-0.2, -0.15) is 10.4 Å². The fourth-order valence-electron chi connectivity index (χ4n) is 3.38. The number of rotatable bonds is 4. The van der Waals surface area contributed by atoms with Crippen LogP contribution >= 0.6 is 0 Å². The van der Waals surface area contributed by atoms with Crippen molar-refractivity contribution >= 4 is 11.1 Å². The molecule has 5 aromatic rings. The van der Waals surface area contributed by atoms with E-state index in [1.807, 2.05) is 36.4 Å². The van der Waals surface area contributed by atoms with Crippen molar-refractivity contribution in [2.45, 2.75) is 6.54 Å². The van der Waals surface area contributed by atoms with Gasteiger partial charge >= 0.3 is 0 Å². The van der Waals surface area contributed by atoms with Gasteiger partial charge in [0.1, 0.15) is 30.1 Å². The molecular weight excluding hydrogens is 381 g/mol. The van der Waals surface area contributed by atoms with Crippen molar-refractivity contribution in [2.75, 3.05) is 0 Å². The SMILES string of the molecule is N#CCn1cc(-c2ncnc3oc(-c4ccccc4)cc23)c(-c2ccc(F)cc2)n1. The van der Waals surface area contributed by atoms with Crippen LogP contribution in [0.5, 0.6) is 0 Å². The molecule has 0 aliphatic heterocycles. The Morgan fingerprint density at radius 1 is 0.967 bits per heavy atom. The minimum atomic E-state index is -0.330. The summed E-state index contributed by atoms with van der Waals surface area (Å²) < 4.78 is 20.9. The van der Waals surface area contributed by atoms with E-state index in [1.165, 1.54) is 18.5 Å². The van der Waals surface area contributed by atoms with E-state index >= 15 is 0 Å². The van der Waals surface area contributed by atoms with E-state index in [9.17, 15) is 4.39 Å². The molecule has 0 aliphatic rings. The zero-order chi connectivity index (χ0) is 20.5. The maximum absolute atomic E-state index is 13.4. The lowest BCUT2D eigenvalue weighted by Gasteiger charge is -2.03. The third-order valence-corrected chi connectivity index (χ3v) is 4.75. The van der Waals surface area contributed by atoms with Gasteiger partial charge in [-0.05, 0) is 30.3 Å². The third kappa shape index (κ3) is 3.10. The Bertz CT molecular complexity index is 1380. The lowest BCUT2D eigenvalue weighted by molar-refractivity contribution is 0.617. The number of hydrogen-bond acceptors (Lipinski definition) is 5. The molecule has 2 aromatic carbocycles. The number of furan rings is 1. The van der Waals surface area contributed by atoms with Gasteiger partial charge in [0.15, 0.2) is 0 Å². The molecule has 0 N–H and O–H groups in total. The number of nitrogens with zero attached hydrogens (tertiary/aromatic N) is 5. The van der Waals surface area contributed by atoms with Crippen LogP contribution in [0.1, 0.15) is 0 Å². The van der Waals surface area contributed by atoms with E-state index in [-0.39, 0.29) is 12.4 Å². The van der Waals surface area contributed by atoms with Crippen LogP contribution in [0.4, 0.5) is 4.39 Å². The highest BCUT2D eigenvalue weighted by atomic mass is 19.1. The topological polar surface area (TPSA) is 80.5 Å². The lowest BCUT2D eigenvalue weighted by atomic mass is 10.0. The highest BCUT2D eigenvalue weighted by Crippen LogP contribution is 2.36. The summed E-state index contributed by atoms with van der Waals surface area (Å²) in [7, 11) is 0. The van der Waals surface area contributed by atoms with Gasteiger partial charge in [0.05, 0.1) is 17.1 Å². The van der Waals surface area contributed by atoms with E-state index in [1.54, 1.807) is 23.0 Å². The smallest absolute Gasteiger partial charge is 0.230 e. The second-order valence-corrected chi connectivity index (χ2v) is 6.67. The van der Waals surface area contributed by atoms with Crippen molar-refractivity contribution in [2.24, 2.45) is 0 Å². The van der Waals surface area contributed by atoms with Crippen molar-refractivity contribution in [3.05, 3.63) is 79.0 Å². The van der Waals surface area contributed by atoms with Crippen LogP contribution in [0.2, 0.25) is 0 Å². The van der Waals surface area contributed by atoms with Crippen molar-refractivity contribution in [1.29, 1.82) is 5.26 Å². The number of aromatic nitrogens is 4. The predicted molar refractivity (Wildman–Crippen MR) is 109 cm³/mol. The van der Waals surface area contributed by atoms with Crippen LogP contribution < -0.4 is 0 Å². The average molecular weight is 395 g/mol. The number of fused-ring (bicyclic) bond motifs is 1. The highest BCUT2D eigenvalue weighted by molar-refractivity contribution is 5.95. The first-order valence-corrected chi connectivity index (χ1v) is 9.23. The molecule has 0 unspecified atom stereocenters. The molecule has 0 atom stereocenters. The van der Waals surface area contributed by atoms with E-state index < -0.39 is 0 Å². The molecule has 0 saturated heterocycles. The summed E-state index contributed by atoms with van der Waals surface area (Å²) in [6.45, 7) is 0.0864. The van der Waals surface area contributed by atoms with Crippen LogP contribution in [-0.4, -0.2) is 19.7 Å². The van der Waals surface area contributed by atoms with Crippen molar-refractivity contribution in [3.63, 3.8) is 0 Å². The zero-order valence-electron chi connectivity index (χ0n) is 15.7. The van der Waals surface area contributed by atoms with Crippen molar-refractivity contribution in [1.82, 2.24) is 19.7 Å². The summed E-state index contributed by atoms with van der Waals surface area (Å²) in [6.07, 6.45) is 3.20. The highest BCUT2D eigenvalue weighted by Gasteiger charge is 2.19. The molecule has 0 spiro atoms. The number of hydrogen-bond donors (Lipinski definition) is 0. The van der Waals surface area contributed by atoms with Crippen LogP contribution in [-0.2, 0) is 6.54 Å². The number of benzene rings is 2. The summed E-state index contributed by atoms with van der Waals surface area (Å²) in [5.41, 5.74) is 4.06. The molecule has 30 heavy (non-hydrogen) atoms. The molecular formula is C23H14FN5O. The molecule has 0 aliphatic carbocycles. The Balaban J connectivity index is 1.71. The van der Waals surface area contributed by atoms with E-state index in [0.29, 0.717) is 28.4 Å². The van der Waals surface area contributed by atoms with Gasteiger partial charge in [-0.25, -0.2) is 14.4 Å². The Kier molecular flexibility index (Phi) is 4.30. The average Bonchev–Trinajstić information content (AvgIpc) is 3.39. The summed E-state index contributed by atoms with van der Waals surface area (Å²) in [6, 6.07) is 19.8. The van der Waals surface area contributed by atoms with Crippen LogP contribution in [0.25, 0.3) is 44.9 Å². The first-order valence-electron chi connectivity index (χ1n) is 9.23. The van der Waals surface area contributed by atoms with Gasteiger partial charge in [-0.1, -0.05) is 30.3 Å². The molecule has 0 bridgehead atoms. The Morgan fingerprint density at radius 2 is 1.77 bits per heavy atom. The van der Waals surface area contributed by atoms with E-state index in [0.717, 1.165) is 16.5 Å². The molecule has 0 amide bonds. The van der Waals surface area contributed by atoms with E-state index in [4.69, 9.17) is 9.68 Å². The van der Waals surface area contributed by atoms with Gasteiger partial charge in [0, 0.05) is 22.9 Å². The fraction of sp³-hybridized carbons (Fsp3) is 0.0435. The quantitative estimate of drug-likeness (QED) is 0.424. The lowest BCUT2D eigenvalue weighted by Crippen LogP contribution is -1.95. The first-order chi connectivity index (χ1) is 14.7. The van der Waals surface area contributed by atoms with Gasteiger partial charge in [0.2, 0.25) is 5.71 Å². The van der Waals surface area contributed by atoms with Gasteiger partial charge in [-0.15, -0.1) is 0 Å². The second-order valence-electron chi connectivity index (χ2n) is 6.67. The van der Waals surface area contributed by atoms with Crippen molar-refractivity contribution in [3.8, 4) is 39.9 Å². The van der Waals surface area contributed by atoms with Crippen LogP contribution in [0.3, 0.4) is 0 Å². The zero-order valence-corrected chi connectivity index (χ0v) is 15.7. The van der Waals surface area contributed by atoms with Crippen LogP contribution in [0, 0.1) is 17.1 Å². The standard InChI is InChI=1S/C23H14FN5O/c24-17-8-6-16(7-9-17)21-19(13-29(28-21)11-10-25)22-18-12-20(15-4-2-1-3-5-15)30-23(18)27-14-26-22/h1-9,12-14H,11H2. The predicted octanol–water partition coefficient (Wildman–Crippen LogP) is 5.08. The monoisotopic (exact) mass is 395 g/mol. The largest absolute Gasteiger partial charge is 0.438 e. The summed E-state index contributed by atoms with van der Waals surface area (Å²) >= 11 is 0. The van der Waals surface area contributed by atoms with Gasteiger partial charge in [0.25, 0.3) is 0 Å². The number of halogens is 1. The van der Waals surface area contributed by atoms with Crippen molar-refractivity contribution < 1.29 is 8.81 Å². The Morgan fingerprint density at radius 3 is 2.53 bits per heavy atom. The van der Waals surface area contributed by atoms with Gasteiger partial charge < -0.3 is 4.42 Å². The number of nitriles is 1. The summed E-state index contributed by atoms with van der Waals surface area (Å²) in [5.74, 6) is 0.351. The first kappa shape index (κ1) is 17.8. The molecule has 3 aromatic heterocycles. The minimum absolute atomic E-state index is 0.0864. The maximum Gasteiger partial charge on any atom is 0.230 e. The Hall–Kier alpha value is -4.31. The summed E-state index contributed by atoms with van der Waals surface area (Å²) in [5, 5.41) is 14.4. The molecule has 0 radical (unpaired) electrons. The maximum atomic E-state index is 13.4. The van der Waals surface area contributed by atoms with Crippen LogP contribution in [0.15, 0.2) is 77.6 Å². The molecule has 5 rings (SSSR count). The van der Waals surface area contributed by atoms with E-state index in [2.05, 4.69) is 21.1 Å². The van der Waals surface area contributed by atoms with Gasteiger partial charge in [-0.3, -0.25) is 4.68 Å². The fourth-order valence-corrected chi connectivity index (χ4v) is 3.38. The molecule has 144 valence electrons.